The van der Waals surface area contributed by atoms with Gasteiger partial charge in [0, 0.05) is 13.1 Å². The topological polar surface area (TPSA) is 46.9 Å². The molecule has 1 aromatic rings. The molecule has 1 amide bonds. The van der Waals surface area contributed by atoms with Crippen molar-refractivity contribution in [1.82, 2.24) is 15.1 Å². The molecule has 1 aromatic heterocycles. The lowest BCUT2D eigenvalue weighted by atomic mass is 9.84. The predicted molar refractivity (Wildman–Crippen MR) is 81.8 cm³/mol. The van der Waals surface area contributed by atoms with Crippen LogP contribution in [0.5, 0.6) is 0 Å². The lowest BCUT2D eigenvalue weighted by molar-refractivity contribution is -0.144. The Morgan fingerprint density at radius 3 is 2.57 bits per heavy atom. The first-order valence-corrected chi connectivity index (χ1v) is 8.58. The monoisotopic (exact) mass is 393 g/mol. The zero-order chi connectivity index (χ0) is 16.9. The third-order valence-corrected chi connectivity index (χ3v) is 6.02. The molecule has 0 saturated heterocycles. The lowest BCUT2D eigenvalue weighted by Crippen LogP contribution is -2.40. The first-order chi connectivity index (χ1) is 10.7. The van der Waals surface area contributed by atoms with Gasteiger partial charge < -0.3 is 5.32 Å². The van der Waals surface area contributed by atoms with Crippen molar-refractivity contribution < 1.29 is 18.0 Å². The van der Waals surface area contributed by atoms with Crippen LogP contribution in [0.15, 0.2) is 4.47 Å². The summed E-state index contributed by atoms with van der Waals surface area (Å²) >= 11 is 2.88. The van der Waals surface area contributed by atoms with E-state index >= 15 is 0 Å². The van der Waals surface area contributed by atoms with Crippen molar-refractivity contribution in [3.63, 3.8) is 0 Å². The third kappa shape index (κ3) is 3.02. The van der Waals surface area contributed by atoms with Gasteiger partial charge in [0.25, 0.3) is 5.91 Å². The minimum atomic E-state index is -4.56. The first-order valence-electron chi connectivity index (χ1n) is 7.79. The molecule has 4 atom stereocenters. The number of hydrogen-bond acceptors (Lipinski definition) is 2. The molecule has 128 valence electrons. The predicted octanol–water partition coefficient (Wildman–Crippen LogP) is 3.76. The van der Waals surface area contributed by atoms with Crippen LogP contribution in [0.1, 0.15) is 48.8 Å². The van der Waals surface area contributed by atoms with Gasteiger partial charge in [0.1, 0.15) is 0 Å². The summed E-state index contributed by atoms with van der Waals surface area (Å²) in [4.78, 5) is 12.3. The number of aromatic nitrogens is 2. The number of fused-ring (bicyclic) bond motifs is 2. The van der Waals surface area contributed by atoms with Gasteiger partial charge in [-0.3, -0.25) is 9.48 Å². The summed E-state index contributed by atoms with van der Waals surface area (Å²) < 4.78 is 39.3. The molecule has 2 aliphatic rings. The smallest absolute Gasteiger partial charge is 0.348 e. The average molecular weight is 394 g/mol. The van der Waals surface area contributed by atoms with Gasteiger partial charge in [0.05, 0.1) is 4.47 Å². The molecule has 3 rings (SSSR count). The van der Waals surface area contributed by atoms with Crippen LogP contribution in [0.3, 0.4) is 0 Å². The van der Waals surface area contributed by atoms with Crippen molar-refractivity contribution in [2.45, 2.75) is 44.8 Å². The van der Waals surface area contributed by atoms with Crippen molar-refractivity contribution in [2.24, 2.45) is 24.8 Å². The molecule has 2 bridgehead atoms. The average Bonchev–Trinajstić information content (AvgIpc) is 3.11. The number of halogens is 4. The maximum Gasteiger partial charge on any atom is 0.434 e. The summed E-state index contributed by atoms with van der Waals surface area (Å²) in [5.74, 6) is 1.25. The van der Waals surface area contributed by atoms with Crippen LogP contribution in [0, 0.1) is 17.8 Å². The van der Waals surface area contributed by atoms with Gasteiger partial charge in [-0.05, 0) is 59.9 Å². The maximum atomic E-state index is 13.0. The molecule has 2 saturated carbocycles. The van der Waals surface area contributed by atoms with Gasteiger partial charge in [-0.25, -0.2) is 0 Å². The highest BCUT2D eigenvalue weighted by Gasteiger charge is 2.43. The summed E-state index contributed by atoms with van der Waals surface area (Å²) in [6.45, 7) is 1.94. The zero-order valence-corrected chi connectivity index (χ0v) is 14.5. The van der Waals surface area contributed by atoms with E-state index in [1.165, 1.54) is 26.3 Å². The van der Waals surface area contributed by atoms with Crippen molar-refractivity contribution in [2.75, 3.05) is 0 Å². The molecule has 0 spiro atoms. The van der Waals surface area contributed by atoms with E-state index in [0.29, 0.717) is 16.5 Å². The van der Waals surface area contributed by atoms with Crippen LogP contribution < -0.4 is 5.32 Å². The quantitative estimate of drug-likeness (QED) is 0.849. The van der Waals surface area contributed by atoms with E-state index in [9.17, 15) is 18.0 Å². The fraction of sp³-hybridized carbons (Fsp3) is 0.733. The molecule has 23 heavy (non-hydrogen) atoms. The molecular weight excluding hydrogens is 375 g/mol. The zero-order valence-electron chi connectivity index (χ0n) is 13.0. The Labute approximate surface area is 140 Å². The SMILES string of the molecule is CC(NC(=O)c1nn(C)c(C(F)(F)F)c1Br)C1CC2CCC1C2. The summed E-state index contributed by atoms with van der Waals surface area (Å²) in [7, 11) is 1.18. The summed E-state index contributed by atoms with van der Waals surface area (Å²) in [6.07, 6.45) is 0.221. The number of aryl methyl sites for hydroxylation is 1. The van der Waals surface area contributed by atoms with Crippen LogP contribution in [0.2, 0.25) is 0 Å². The molecule has 4 nitrogen and oxygen atoms in total. The minimum absolute atomic E-state index is 0.0546. The summed E-state index contributed by atoms with van der Waals surface area (Å²) in [5, 5.41) is 6.59. The Hall–Kier alpha value is -1.05. The summed E-state index contributed by atoms with van der Waals surface area (Å²) in [5.41, 5.74) is -1.16. The molecule has 1 N–H and O–H groups in total. The molecule has 2 aliphatic carbocycles. The molecule has 0 radical (unpaired) electrons. The second kappa shape index (κ2) is 5.79. The van der Waals surface area contributed by atoms with Crippen molar-refractivity contribution >= 4 is 21.8 Å². The van der Waals surface area contributed by atoms with Crippen LogP contribution in [-0.4, -0.2) is 21.7 Å². The second-order valence-electron chi connectivity index (χ2n) is 6.73. The van der Waals surface area contributed by atoms with Gasteiger partial charge in [-0.15, -0.1) is 0 Å². The third-order valence-electron chi connectivity index (χ3n) is 5.27. The Morgan fingerprint density at radius 1 is 1.39 bits per heavy atom. The molecule has 1 heterocycles. The molecule has 8 heteroatoms. The number of alkyl halides is 3. The number of rotatable bonds is 3. The second-order valence-corrected chi connectivity index (χ2v) is 7.53. The highest BCUT2D eigenvalue weighted by molar-refractivity contribution is 9.10. The van der Waals surface area contributed by atoms with E-state index in [1.54, 1.807) is 0 Å². The summed E-state index contributed by atoms with van der Waals surface area (Å²) in [6, 6.07) is -0.0546. The maximum absolute atomic E-state index is 13.0. The molecular formula is C15H19BrF3N3O. The largest absolute Gasteiger partial charge is 0.434 e. The van der Waals surface area contributed by atoms with Gasteiger partial charge in [-0.1, -0.05) is 6.42 Å². The van der Waals surface area contributed by atoms with E-state index in [-0.39, 0.29) is 16.2 Å². The fourth-order valence-electron chi connectivity index (χ4n) is 4.24. The van der Waals surface area contributed by atoms with Crippen molar-refractivity contribution in [1.29, 1.82) is 0 Å². The van der Waals surface area contributed by atoms with E-state index < -0.39 is 17.8 Å². The van der Waals surface area contributed by atoms with Crippen LogP contribution >= 0.6 is 15.9 Å². The Bertz CT molecular complexity index is 628. The normalized spacial score (nSPS) is 28.2. The van der Waals surface area contributed by atoms with E-state index in [1.807, 2.05) is 6.92 Å². The number of amides is 1. The van der Waals surface area contributed by atoms with Crippen LogP contribution in [0.25, 0.3) is 0 Å². The number of carbonyl (C=O) groups is 1. The number of nitrogens with zero attached hydrogens (tertiary/aromatic N) is 2. The molecule has 0 aliphatic heterocycles. The Kier molecular flexibility index (Phi) is 4.23. The minimum Gasteiger partial charge on any atom is -0.348 e. The fourth-order valence-corrected chi connectivity index (χ4v) is 4.98. The highest BCUT2D eigenvalue weighted by Crippen LogP contribution is 2.49. The van der Waals surface area contributed by atoms with Gasteiger partial charge in [0.2, 0.25) is 0 Å². The van der Waals surface area contributed by atoms with Gasteiger partial charge in [-0.2, -0.15) is 18.3 Å². The van der Waals surface area contributed by atoms with Crippen molar-refractivity contribution in [3.05, 3.63) is 15.9 Å². The van der Waals surface area contributed by atoms with Crippen LogP contribution in [0.4, 0.5) is 13.2 Å². The highest BCUT2D eigenvalue weighted by atomic mass is 79.9. The van der Waals surface area contributed by atoms with E-state index in [4.69, 9.17) is 0 Å². The molecule has 0 aromatic carbocycles. The Balaban J connectivity index is 1.74. The van der Waals surface area contributed by atoms with Crippen molar-refractivity contribution in [3.8, 4) is 0 Å². The van der Waals surface area contributed by atoms with Gasteiger partial charge >= 0.3 is 6.18 Å². The number of nitrogens with one attached hydrogen (secondary N) is 1. The first kappa shape index (κ1) is 16.8. The number of carbonyl (C=O) groups excluding carboxylic acids is 1. The molecule has 2 fully saturated rings. The lowest BCUT2D eigenvalue weighted by Gasteiger charge is -2.28. The van der Waals surface area contributed by atoms with E-state index in [2.05, 4.69) is 26.3 Å². The Morgan fingerprint density at radius 2 is 2.09 bits per heavy atom. The van der Waals surface area contributed by atoms with Crippen LogP contribution in [-0.2, 0) is 13.2 Å². The van der Waals surface area contributed by atoms with E-state index in [0.717, 1.165) is 12.3 Å². The standard InChI is InChI=1S/C15H19BrF3N3O/c1-7(10-6-8-3-4-9(10)5-8)20-14(23)12-11(16)13(15(17,18)19)22(2)21-12/h7-10H,3-6H2,1-2H3,(H,20,23). The van der Waals surface area contributed by atoms with Gasteiger partial charge in [0.15, 0.2) is 11.4 Å². The molecule has 4 unspecified atom stereocenters. The number of hydrogen-bond donors (Lipinski definition) is 1.